The van der Waals surface area contributed by atoms with Crippen LogP contribution >= 0.6 is 12.4 Å². The highest BCUT2D eigenvalue weighted by atomic mass is 35.5. The van der Waals surface area contributed by atoms with E-state index in [1.807, 2.05) is 49.1 Å². The Labute approximate surface area is 851 Å². The van der Waals surface area contributed by atoms with Crippen molar-refractivity contribution in [2.75, 3.05) is 210 Å². The molecular formula is C103H121ClF6N26O11. The summed E-state index contributed by atoms with van der Waals surface area (Å²) in [5.74, 6) is -8.03. The van der Waals surface area contributed by atoms with Gasteiger partial charge in [-0.15, -0.1) is 12.4 Å². The smallest absolute Gasteiger partial charge is 0.270 e. The fourth-order valence-electron chi connectivity index (χ4n) is 22.9. The molecule has 6 aromatic heterocycles. The number of benzene rings is 3. The number of anilines is 5. The molecule has 147 heavy (non-hydrogen) atoms. The zero-order valence-corrected chi connectivity index (χ0v) is 83.6. The van der Waals surface area contributed by atoms with E-state index in [1.165, 1.54) is 14.7 Å². The highest BCUT2D eigenvalue weighted by Gasteiger charge is 2.47. The number of hydrogen-bond acceptors (Lipinski definition) is 27. The van der Waals surface area contributed by atoms with Gasteiger partial charge in [0, 0.05) is 268 Å². The molecule has 37 nitrogen and oxygen atoms in total. The van der Waals surface area contributed by atoms with Crippen molar-refractivity contribution in [3.63, 3.8) is 0 Å². The van der Waals surface area contributed by atoms with Crippen molar-refractivity contribution in [1.82, 2.24) is 104 Å². The Bertz CT molecular complexity index is 6280. The van der Waals surface area contributed by atoms with Gasteiger partial charge in [0.15, 0.2) is 17.5 Å². The van der Waals surface area contributed by atoms with Crippen LogP contribution in [0.3, 0.4) is 0 Å². The first kappa shape index (κ1) is 102. The summed E-state index contributed by atoms with van der Waals surface area (Å²) in [6, 6.07) is 13.3. The molecule has 13 aliphatic rings. The molecule has 11 aliphatic heterocycles. The van der Waals surface area contributed by atoms with Gasteiger partial charge in [-0.05, 0) is 99.5 Å². The van der Waals surface area contributed by atoms with E-state index in [0.29, 0.717) is 114 Å². The molecule has 10 fully saturated rings. The lowest BCUT2D eigenvalue weighted by atomic mass is 10.0. The summed E-state index contributed by atoms with van der Waals surface area (Å²) in [7, 11) is 7.11. The van der Waals surface area contributed by atoms with E-state index in [9.17, 15) is 57.1 Å². The molecule has 3 atom stereocenters. The van der Waals surface area contributed by atoms with Crippen LogP contribution in [0.15, 0.2) is 79.4 Å². The quantitative estimate of drug-likeness (QED) is 0.0392. The monoisotopic (exact) mass is 2050 g/mol. The summed E-state index contributed by atoms with van der Waals surface area (Å²) in [5, 5.41) is 11.5. The second kappa shape index (κ2) is 43.6. The predicted octanol–water partition coefficient (Wildman–Crippen LogP) is 6.99. The van der Waals surface area contributed by atoms with Gasteiger partial charge in [-0.1, -0.05) is 25.7 Å². The molecule has 11 amide bonds. The predicted molar refractivity (Wildman–Crippen MR) is 534 cm³/mol. The minimum absolute atomic E-state index is 0. The Morgan fingerprint density at radius 2 is 0.680 bits per heavy atom. The maximum Gasteiger partial charge on any atom is 0.270 e. The summed E-state index contributed by atoms with van der Waals surface area (Å²) < 4.78 is 96.6. The molecule has 9 aromatic rings. The number of amides is 11. The van der Waals surface area contributed by atoms with Gasteiger partial charge in [0.25, 0.3) is 29.5 Å². The second-order valence-corrected chi connectivity index (χ2v) is 40.5. The highest BCUT2D eigenvalue weighted by Crippen LogP contribution is 2.43. The normalized spacial score (nSPS) is 21.0. The van der Waals surface area contributed by atoms with Gasteiger partial charge in [-0.2, -0.15) is 0 Å². The Morgan fingerprint density at radius 1 is 0.374 bits per heavy atom. The Hall–Kier alpha value is -13.4. The standard InChI is InChI=1S/2C43H51F2N11O4.C17H18F2N4O3.ClH/c2*1-50(2)43(60)35-21-27-24-47-36(48-40(27)56(35)29-5-3-4-6-29)22-28-7-8-30(25-46-28)53-17-13-51(14-18-53)11-12-52-15-19-54(20-16-52)39-33(44)23-31-32(38(39)45)26-55(42(31)59)34-9-10-37(57)49-41(34)58;18-11-7-9-10(14(19)15(11)22-5-3-20-4-6-22)8-23(17(9)26)12-1-2-13(24)21-16(12)25;/h2*7-8,21,23-25,29,34H,3-6,9-20,22,26H2,1-2H3,(H,49,57,58);7,12,20H,1-6,8H2,(H,21,24,25);1H. The van der Waals surface area contributed by atoms with E-state index in [0.717, 1.165) is 193 Å². The van der Waals surface area contributed by atoms with E-state index >= 15 is 22.0 Å². The van der Waals surface area contributed by atoms with Gasteiger partial charge in [0.2, 0.25) is 35.4 Å². The van der Waals surface area contributed by atoms with Crippen LogP contribution in [0, 0.1) is 34.9 Å². The molecule has 3 unspecified atom stereocenters. The van der Waals surface area contributed by atoms with Gasteiger partial charge in [0.05, 0.1) is 72.9 Å². The first-order valence-electron chi connectivity index (χ1n) is 50.9. The summed E-state index contributed by atoms with van der Waals surface area (Å²) in [6.07, 6.45) is 18.0. The molecule has 778 valence electrons. The maximum absolute atomic E-state index is 15.9. The van der Waals surface area contributed by atoms with Crippen LogP contribution in [-0.2, 0) is 61.2 Å². The first-order chi connectivity index (χ1) is 70.5. The number of piperidine rings is 3. The third kappa shape index (κ3) is 21.1. The van der Waals surface area contributed by atoms with Crippen LogP contribution in [0.4, 0.5) is 54.8 Å². The number of piperazine rings is 5. The number of rotatable bonds is 22. The van der Waals surface area contributed by atoms with Crippen LogP contribution in [-0.4, -0.2) is 352 Å². The topological polar surface area (TPSA) is 368 Å². The van der Waals surface area contributed by atoms with E-state index in [1.54, 1.807) is 52.7 Å². The number of pyridine rings is 2. The number of nitrogens with one attached hydrogen (secondary N) is 4. The molecule has 4 N–H and O–H groups in total. The molecule has 0 bridgehead atoms. The van der Waals surface area contributed by atoms with Gasteiger partial charge < -0.3 is 63.5 Å². The third-order valence-corrected chi connectivity index (χ3v) is 31.0. The number of hydrogen-bond donors (Lipinski definition) is 4. The lowest BCUT2D eigenvalue weighted by Crippen LogP contribution is -2.52. The number of carbonyl (C=O) groups excluding carboxylic acids is 11. The van der Waals surface area contributed by atoms with Crippen LogP contribution < -0.4 is 45.8 Å². The van der Waals surface area contributed by atoms with Crippen molar-refractivity contribution in [3.8, 4) is 0 Å². The first-order valence-corrected chi connectivity index (χ1v) is 50.9. The summed E-state index contributed by atoms with van der Waals surface area (Å²) >= 11 is 0. The average molecular weight is 2050 g/mol. The van der Waals surface area contributed by atoms with Crippen molar-refractivity contribution in [3.05, 3.63) is 182 Å². The summed E-state index contributed by atoms with van der Waals surface area (Å²) in [4.78, 5) is 191. The van der Waals surface area contributed by atoms with Crippen molar-refractivity contribution >= 4 is 128 Å². The molecule has 3 aromatic carbocycles. The summed E-state index contributed by atoms with van der Waals surface area (Å²) in [6.45, 7) is 16.8. The number of imide groups is 3. The molecule has 2 aliphatic carbocycles. The van der Waals surface area contributed by atoms with Gasteiger partial charge in [-0.3, -0.25) is 98.3 Å². The van der Waals surface area contributed by atoms with Crippen molar-refractivity contribution in [1.29, 1.82) is 0 Å². The fraction of sp³-hybridized carbons (Fsp3) is 0.505. The Kier molecular flexibility index (Phi) is 30.3. The van der Waals surface area contributed by atoms with Crippen LogP contribution in [0.5, 0.6) is 0 Å². The molecule has 44 heteroatoms. The largest absolute Gasteiger partial charge is 0.368 e. The minimum atomic E-state index is -0.892. The van der Waals surface area contributed by atoms with Crippen LogP contribution in [0.2, 0.25) is 0 Å². The molecule has 0 spiro atoms. The average Bonchev–Trinajstić information content (AvgIpc) is 1.67. The van der Waals surface area contributed by atoms with E-state index in [4.69, 9.17) is 19.9 Å². The molecule has 8 saturated heterocycles. The molecule has 2 saturated carbocycles. The SMILES string of the molecule is CN(C)C(=O)c1cc2cnc(Cc3ccc(N4CCN(CCN5CCN(c6c(F)cc7c(c6F)CN(C6CCC(=O)NC6=O)C7=O)CC5)CC4)cn3)nc2n1C1CCCC1.CN(C)C(=O)c1cc2cnc(Cc3ccc(N4CCN(CCN5CCN(c6c(F)cc7c(c6F)CN(C6CCC(=O)NC6=O)C7=O)CC5)CC4)cn3)nc2n1C1CCCC1.Cl.O=C1CCC(N2Cc3c(cc(F)c(N4CCNCC4)c3F)C2=O)C(=O)N1. The Balaban J connectivity index is 0.000000149. The third-order valence-electron chi connectivity index (χ3n) is 31.0. The maximum atomic E-state index is 15.9. The summed E-state index contributed by atoms with van der Waals surface area (Å²) in [5.41, 5.74) is 6.63. The zero-order chi connectivity index (χ0) is 102. The van der Waals surface area contributed by atoms with Crippen molar-refractivity contribution in [2.24, 2.45) is 0 Å². The van der Waals surface area contributed by atoms with Crippen LogP contribution in [0.1, 0.15) is 194 Å². The minimum Gasteiger partial charge on any atom is -0.368 e. The lowest BCUT2D eigenvalue weighted by molar-refractivity contribution is -0.138. The number of nitrogens with zero attached hydrogens (tertiary/aromatic N) is 22. The number of halogens is 7. The zero-order valence-electron chi connectivity index (χ0n) is 82.8. The van der Waals surface area contributed by atoms with Gasteiger partial charge >= 0.3 is 0 Å². The highest BCUT2D eigenvalue weighted by molar-refractivity contribution is 6.09. The molecule has 0 radical (unpaired) electrons. The van der Waals surface area contributed by atoms with E-state index in [-0.39, 0.29) is 145 Å². The fourth-order valence-corrected chi connectivity index (χ4v) is 22.9. The van der Waals surface area contributed by atoms with Gasteiger partial charge in [-0.25, -0.2) is 46.3 Å². The number of fused-ring (bicyclic) bond motifs is 5. The van der Waals surface area contributed by atoms with E-state index in [2.05, 4.69) is 81.9 Å². The Morgan fingerprint density at radius 3 is 0.973 bits per heavy atom. The molecule has 22 rings (SSSR count). The van der Waals surface area contributed by atoms with Gasteiger partial charge in [0.1, 0.15) is 87.0 Å². The van der Waals surface area contributed by atoms with Crippen molar-refractivity contribution in [2.45, 2.75) is 153 Å². The lowest BCUT2D eigenvalue weighted by Gasteiger charge is -2.39. The van der Waals surface area contributed by atoms with E-state index < -0.39 is 106 Å². The van der Waals surface area contributed by atoms with Crippen LogP contribution in [0.25, 0.3) is 22.1 Å². The number of aromatic nitrogens is 8. The molecular weight excluding hydrogens is 1930 g/mol. The number of carbonyl (C=O) groups is 11. The second-order valence-electron chi connectivity index (χ2n) is 40.5. The molecule has 17 heterocycles. The van der Waals surface area contributed by atoms with Crippen molar-refractivity contribution < 1.29 is 79.1 Å².